The summed E-state index contributed by atoms with van der Waals surface area (Å²) >= 11 is 0. The van der Waals surface area contributed by atoms with E-state index in [9.17, 15) is 15.1 Å². The van der Waals surface area contributed by atoms with Gasteiger partial charge in [-0.05, 0) is 13.3 Å². The topological polar surface area (TPSA) is 176 Å². The first-order valence-corrected chi connectivity index (χ1v) is 6.79. The van der Waals surface area contributed by atoms with Gasteiger partial charge in [-0.25, -0.2) is 14.8 Å². The Morgan fingerprint density at radius 1 is 1.45 bits per heavy atom. The highest BCUT2D eigenvalue weighted by atomic mass is 16.5. The van der Waals surface area contributed by atoms with Crippen molar-refractivity contribution in [3.05, 3.63) is 0 Å². The van der Waals surface area contributed by atoms with Gasteiger partial charge in [0.1, 0.15) is 24.3 Å². The Morgan fingerprint density at radius 3 is 2.77 bits per heavy atom. The van der Waals surface area contributed by atoms with Crippen molar-refractivity contribution in [1.82, 2.24) is 9.96 Å². The number of rotatable bonds is 2. The molecule has 0 aromatic heterocycles. The van der Waals surface area contributed by atoms with Crippen LogP contribution in [0, 0.1) is 0 Å². The molecule has 4 atom stereocenters. The Morgan fingerprint density at radius 2 is 2.14 bits per heavy atom. The minimum atomic E-state index is -1.38. The predicted octanol–water partition coefficient (Wildman–Crippen LogP) is -2.68. The van der Waals surface area contributed by atoms with E-state index < -0.39 is 29.4 Å². The molecule has 0 saturated carbocycles. The van der Waals surface area contributed by atoms with E-state index in [1.54, 1.807) is 11.8 Å². The second kappa shape index (κ2) is 4.36. The average molecular weight is 313 g/mol. The van der Waals surface area contributed by atoms with Gasteiger partial charge in [0.2, 0.25) is 5.96 Å². The zero-order valence-electron chi connectivity index (χ0n) is 12.0. The summed E-state index contributed by atoms with van der Waals surface area (Å²) in [4.78, 5) is 20.8. The van der Waals surface area contributed by atoms with Gasteiger partial charge >= 0.3 is 6.09 Å². The lowest BCUT2D eigenvalue weighted by molar-refractivity contribution is -0.216. The van der Waals surface area contributed by atoms with E-state index in [1.807, 2.05) is 0 Å². The number of hydrogen-bond acceptors (Lipinski definition) is 10. The standard InChI is InChI=1S/C11H19N7O4/c1-10(20)2-3-17-7(12)15-5(4-22-9(14)19)6-11(10,17)18(21)8(13)16-6/h5-6,20-21H,2-4H2,1H3,(H2,12,15)(H2,13,16)(H2,14,19). The van der Waals surface area contributed by atoms with Crippen molar-refractivity contribution in [3.63, 3.8) is 0 Å². The molecular formula is C11H19N7O4. The molecule has 1 saturated heterocycles. The van der Waals surface area contributed by atoms with E-state index in [0.29, 0.717) is 13.0 Å². The molecule has 0 aromatic rings. The Labute approximate surface area is 126 Å². The summed E-state index contributed by atoms with van der Waals surface area (Å²) in [6.07, 6.45) is -0.623. The monoisotopic (exact) mass is 313 g/mol. The van der Waals surface area contributed by atoms with E-state index in [1.165, 1.54) is 0 Å². The smallest absolute Gasteiger partial charge is 0.404 e. The SMILES string of the molecule is CC1(O)CCN2C(N)=NC(COC(N)=O)C3N=C(N)N(O)C321. The Balaban J connectivity index is 2.07. The molecule has 122 valence electrons. The molecule has 0 aliphatic carbocycles. The lowest BCUT2D eigenvalue weighted by atomic mass is 9.80. The Kier molecular flexibility index (Phi) is 2.91. The summed E-state index contributed by atoms with van der Waals surface area (Å²) in [6, 6.07) is -1.48. The molecule has 0 radical (unpaired) electrons. The van der Waals surface area contributed by atoms with Crippen LogP contribution in [0.4, 0.5) is 4.79 Å². The van der Waals surface area contributed by atoms with Crippen molar-refractivity contribution in [1.29, 1.82) is 0 Å². The van der Waals surface area contributed by atoms with E-state index in [4.69, 9.17) is 21.9 Å². The van der Waals surface area contributed by atoms with Gasteiger partial charge in [0.05, 0.1) is 0 Å². The van der Waals surface area contributed by atoms with Crippen molar-refractivity contribution >= 4 is 18.0 Å². The zero-order valence-corrected chi connectivity index (χ0v) is 12.0. The van der Waals surface area contributed by atoms with E-state index in [2.05, 4.69) is 9.98 Å². The number of aliphatic hydroxyl groups is 1. The quantitative estimate of drug-likeness (QED) is 0.366. The highest BCUT2D eigenvalue weighted by molar-refractivity contribution is 5.86. The fourth-order valence-corrected chi connectivity index (χ4v) is 3.63. The number of amides is 1. The lowest BCUT2D eigenvalue weighted by Crippen LogP contribution is -2.76. The molecule has 22 heavy (non-hydrogen) atoms. The molecule has 3 rings (SSSR count). The fraction of sp³-hybridized carbons (Fsp3) is 0.727. The summed E-state index contributed by atoms with van der Waals surface area (Å²) in [5, 5.41) is 22.0. The molecule has 1 spiro atoms. The van der Waals surface area contributed by atoms with Crippen LogP contribution < -0.4 is 17.2 Å². The molecule has 3 aliphatic heterocycles. The highest BCUT2D eigenvalue weighted by Gasteiger charge is 2.71. The van der Waals surface area contributed by atoms with Crippen LogP contribution >= 0.6 is 0 Å². The fourth-order valence-electron chi connectivity index (χ4n) is 3.63. The molecule has 1 fully saturated rings. The van der Waals surface area contributed by atoms with Gasteiger partial charge in [-0.15, -0.1) is 0 Å². The molecule has 3 aliphatic rings. The number of guanidine groups is 2. The van der Waals surface area contributed by atoms with Crippen LogP contribution in [0.3, 0.4) is 0 Å². The summed E-state index contributed by atoms with van der Waals surface area (Å²) < 4.78 is 4.79. The molecule has 4 unspecified atom stereocenters. The Bertz CT molecular complexity index is 577. The van der Waals surface area contributed by atoms with Crippen LogP contribution in [0.5, 0.6) is 0 Å². The number of aliphatic imine (C=N–C) groups is 2. The minimum Gasteiger partial charge on any atom is -0.447 e. The third-order valence-electron chi connectivity index (χ3n) is 4.59. The maximum atomic E-state index is 10.8. The first-order valence-electron chi connectivity index (χ1n) is 6.79. The van der Waals surface area contributed by atoms with Gasteiger partial charge in [0.15, 0.2) is 11.6 Å². The lowest BCUT2D eigenvalue weighted by Gasteiger charge is -2.51. The van der Waals surface area contributed by atoms with Crippen molar-refractivity contribution < 1.29 is 19.8 Å². The average Bonchev–Trinajstić information content (AvgIpc) is 2.86. The molecule has 0 bridgehead atoms. The number of hydroxylamine groups is 2. The predicted molar refractivity (Wildman–Crippen MR) is 74.7 cm³/mol. The first-order chi connectivity index (χ1) is 10.2. The van der Waals surface area contributed by atoms with Crippen LogP contribution in [0.2, 0.25) is 0 Å². The number of nitrogens with two attached hydrogens (primary N) is 3. The van der Waals surface area contributed by atoms with Gasteiger partial charge in [0, 0.05) is 6.54 Å². The van der Waals surface area contributed by atoms with Crippen LogP contribution in [0.1, 0.15) is 13.3 Å². The molecule has 1 amide bonds. The van der Waals surface area contributed by atoms with Gasteiger partial charge < -0.3 is 31.9 Å². The van der Waals surface area contributed by atoms with Gasteiger partial charge in [0.25, 0.3) is 0 Å². The van der Waals surface area contributed by atoms with Crippen molar-refractivity contribution in [2.45, 2.75) is 36.7 Å². The number of ether oxygens (including phenoxy) is 1. The largest absolute Gasteiger partial charge is 0.447 e. The second-order valence-corrected chi connectivity index (χ2v) is 5.83. The van der Waals surface area contributed by atoms with Gasteiger partial charge in [-0.1, -0.05) is 0 Å². The summed E-state index contributed by atoms with van der Waals surface area (Å²) in [7, 11) is 0. The number of hydrogen-bond donors (Lipinski definition) is 5. The minimum absolute atomic E-state index is 0.107. The molecule has 11 nitrogen and oxygen atoms in total. The Hall–Kier alpha value is -2.27. The van der Waals surface area contributed by atoms with E-state index >= 15 is 0 Å². The number of primary amides is 1. The number of nitrogens with zero attached hydrogens (tertiary/aromatic N) is 4. The highest BCUT2D eigenvalue weighted by Crippen LogP contribution is 2.49. The van der Waals surface area contributed by atoms with Crippen molar-refractivity contribution in [2.24, 2.45) is 27.2 Å². The molecule has 8 N–H and O–H groups in total. The molecule has 3 heterocycles. The van der Waals surface area contributed by atoms with Crippen molar-refractivity contribution in [3.8, 4) is 0 Å². The third kappa shape index (κ3) is 1.60. The first kappa shape index (κ1) is 14.7. The zero-order chi connectivity index (χ0) is 16.3. The summed E-state index contributed by atoms with van der Waals surface area (Å²) in [5.74, 6) is -0.0535. The van der Waals surface area contributed by atoms with Crippen LogP contribution in [0.25, 0.3) is 0 Å². The molecule has 11 heteroatoms. The van der Waals surface area contributed by atoms with Gasteiger partial charge in [-0.2, -0.15) is 5.06 Å². The number of carbonyl (C=O) groups excluding carboxylic acids is 1. The summed E-state index contributed by atoms with van der Waals surface area (Å²) in [6.45, 7) is 1.76. The van der Waals surface area contributed by atoms with Crippen LogP contribution in [0.15, 0.2) is 9.98 Å². The van der Waals surface area contributed by atoms with Crippen LogP contribution in [-0.2, 0) is 4.74 Å². The normalized spacial score (nSPS) is 40.0. The summed E-state index contributed by atoms with van der Waals surface area (Å²) in [5.41, 5.74) is 13.9. The maximum absolute atomic E-state index is 10.8. The van der Waals surface area contributed by atoms with Crippen LogP contribution in [-0.4, -0.2) is 74.8 Å². The second-order valence-electron chi connectivity index (χ2n) is 5.83. The molecular weight excluding hydrogens is 294 g/mol. The van der Waals surface area contributed by atoms with E-state index in [0.717, 1.165) is 5.06 Å². The number of carbonyl (C=O) groups is 1. The third-order valence-corrected chi connectivity index (χ3v) is 4.59. The van der Waals surface area contributed by atoms with E-state index in [-0.39, 0.29) is 18.5 Å². The maximum Gasteiger partial charge on any atom is 0.404 e. The molecule has 0 aromatic carbocycles. The van der Waals surface area contributed by atoms with Gasteiger partial charge in [-0.3, -0.25) is 5.21 Å². The van der Waals surface area contributed by atoms with Crippen molar-refractivity contribution in [2.75, 3.05) is 13.2 Å².